The van der Waals surface area contributed by atoms with Crippen LogP contribution in [-0.4, -0.2) is 19.3 Å². The first kappa shape index (κ1) is 39.7. The predicted molar refractivity (Wildman–Crippen MR) is 220 cm³/mol. The third-order valence-corrected chi connectivity index (χ3v) is 11.2. The first-order valence-electron chi connectivity index (χ1n) is 19.9. The molecule has 0 bridgehead atoms. The number of para-hydroxylation sites is 1. The molecule has 3 heterocycles. The van der Waals surface area contributed by atoms with Crippen molar-refractivity contribution < 1.29 is 25.8 Å². The van der Waals surface area contributed by atoms with E-state index < -0.39 is 0 Å². The van der Waals surface area contributed by atoms with Gasteiger partial charge >= 0.3 is 21.1 Å². The summed E-state index contributed by atoms with van der Waals surface area (Å²) < 4.78 is 11.2. The molecule has 0 saturated heterocycles. The van der Waals surface area contributed by atoms with E-state index in [0.717, 1.165) is 72.1 Å². The molecule has 54 heavy (non-hydrogen) atoms. The number of ether oxygens (including phenoxy) is 1. The molecule has 0 amide bonds. The Morgan fingerprint density at radius 3 is 2.37 bits per heavy atom. The van der Waals surface area contributed by atoms with Crippen LogP contribution >= 0.6 is 0 Å². The molecule has 0 radical (unpaired) electrons. The van der Waals surface area contributed by atoms with Crippen molar-refractivity contribution in [3.63, 3.8) is 0 Å². The SMILES string of the molecule is CCCCc1ccnc(-n2c3[c-]c(Oc4[c-]c(-n5nc(C)c(C6C(C)=C[C@H](C)C[C@@H]6C)c5CCCC)cc(C(C)(C)C)c4)ccc3c3ccccc32)c1.[Pt+2]. The maximum absolute atomic E-state index is 6.77. The summed E-state index contributed by atoms with van der Waals surface area (Å²) in [5.41, 5.74) is 10.6. The van der Waals surface area contributed by atoms with Gasteiger partial charge in [0.1, 0.15) is 5.82 Å². The number of benzene rings is 3. The Morgan fingerprint density at radius 2 is 1.63 bits per heavy atom. The minimum atomic E-state index is -0.113. The number of fused-ring (bicyclic) bond motifs is 3. The molecule has 3 aromatic carbocycles. The van der Waals surface area contributed by atoms with E-state index in [-0.39, 0.29) is 26.5 Å². The number of pyridine rings is 1. The van der Waals surface area contributed by atoms with Crippen molar-refractivity contribution in [3.8, 4) is 23.0 Å². The Balaban J connectivity index is 0.00000497. The largest absolute Gasteiger partial charge is 2.00 e. The Labute approximate surface area is 337 Å². The van der Waals surface area contributed by atoms with Gasteiger partial charge in [-0.15, -0.1) is 41.3 Å². The van der Waals surface area contributed by atoms with Crippen molar-refractivity contribution >= 4 is 21.8 Å². The van der Waals surface area contributed by atoms with Crippen LogP contribution in [-0.2, 0) is 39.3 Å². The van der Waals surface area contributed by atoms with E-state index in [1.165, 1.54) is 39.8 Å². The van der Waals surface area contributed by atoms with Gasteiger partial charge in [-0.05, 0) is 98.0 Å². The van der Waals surface area contributed by atoms with Crippen molar-refractivity contribution in [1.29, 1.82) is 0 Å². The molecule has 1 unspecified atom stereocenters. The first-order valence-corrected chi connectivity index (χ1v) is 19.9. The molecule has 3 atom stereocenters. The van der Waals surface area contributed by atoms with Crippen molar-refractivity contribution in [3.05, 3.63) is 119 Å². The number of rotatable bonds is 11. The van der Waals surface area contributed by atoms with Crippen LogP contribution in [0.4, 0.5) is 0 Å². The van der Waals surface area contributed by atoms with E-state index in [9.17, 15) is 0 Å². The van der Waals surface area contributed by atoms with Gasteiger partial charge in [0.2, 0.25) is 0 Å². The molecule has 0 spiro atoms. The number of aromatic nitrogens is 4. The molecular weight excluding hydrogens is 844 g/mol. The molecule has 6 aromatic rings. The number of hydrogen-bond donors (Lipinski definition) is 0. The summed E-state index contributed by atoms with van der Waals surface area (Å²) in [6.07, 6.45) is 12.2. The fourth-order valence-corrected chi connectivity index (χ4v) is 8.62. The number of hydrogen-bond acceptors (Lipinski definition) is 3. The fraction of sp³-hybridized carbons (Fsp3) is 0.417. The van der Waals surface area contributed by atoms with Crippen LogP contribution in [0.1, 0.15) is 121 Å². The second-order valence-corrected chi connectivity index (χ2v) is 16.6. The van der Waals surface area contributed by atoms with Crippen LogP contribution < -0.4 is 4.74 Å². The van der Waals surface area contributed by atoms with Crippen LogP contribution in [0.2, 0.25) is 0 Å². The normalized spacial score (nSPS) is 17.5. The van der Waals surface area contributed by atoms with Gasteiger partial charge in [0, 0.05) is 40.4 Å². The van der Waals surface area contributed by atoms with Crippen LogP contribution in [0.3, 0.4) is 0 Å². The van der Waals surface area contributed by atoms with E-state index in [2.05, 4.69) is 144 Å². The molecule has 1 aliphatic carbocycles. The van der Waals surface area contributed by atoms with E-state index in [1.54, 1.807) is 0 Å². The molecule has 3 aromatic heterocycles. The van der Waals surface area contributed by atoms with Crippen LogP contribution in [0.25, 0.3) is 33.3 Å². The quantitative estimate of drug-likeness (QED) is 0.0961. The molecule has 5 nitrogen and oxygen atoms in total. The molecule has 1 aliphatic rings. The minimum Gasteiger partial charge on any atom is -0.509 e. The molecule has 6 heteroatoms. The summed E-state index contributed by atoms with van der Waals surface area (Å²) in [5.74, 6) is 3.76. The van der Waals surface area contributed by atoms with Gasteiger partial charge in [-0.1, -0.05) is 96.7 Å². The zero-order chi connectivity index (χ0) is 37.4. The Bertz CT molecular complexity index is 2290. The van der Waals surface area contributed by atoms with Crippen molar-refractivity contribution in [2.24, 2.45) is 11.8 Å². The molecule has 0 fully saturated rings. The standard InChI is InChI=1S/C48H56N4O.Pt/c1-10-12-16-35-22-23-49-45(26-35)51-42-19-15-14-17-40(42)41-21-20-38(30-44(41)51)53-39-28-36(48(7,8)9)27-37(29-39)52-43(18-13-11-2)47(34(6)50-52)46-32(4)24-31(3)25-33(46)5;/h14-15,17,19-24,26-28,31,33,46H,10-13,16,18,25H2,1-9H3;/q-2;+2/t31-,33-,46?;/m0./s1. The van der Waals surface area contributed by atoms with Gasteiger partial charge in [0.25, 0.3) is 0 Å². The van der Waals surface area contributed by atoms with Crippen molar-refractivity contribution in [2.45, 2.75) is 119 Å². The molecule has 7 rings (SSSR count). The van der Waals surface area contributed by atoms with E-state index in [1.807, 2.05) is 12.3 Å². The molecule has 0 saturated carbocycles. The maximum Gasteiger partial charge on any atom is 2.00 e. The summed E-state index contributed by atoms with van der Waals surface area (Å²) >= 11 is 0. The van der Waals surface area contributed by atoms with Gasteiger partial charge < -0.3 is 9.30 Å². The summed E-state index contributed by atoms with van der Waals surface area (Å²) in [5, 5.41) is 7.58. The number of aryl methyl sites for hydroxylation is 2. The Kier molecular flexibility index (Phi) is 12.1. The maximum atomic E-state index is 6.77. The fourth-order valence-electron chi connectivity index (χ4n) is 8.62. The van der Waals surface area contributed by atoms with E-state index >= 15 is 0 Å². The number of unbranched alkanes of at least 4 members (excludes halogenated alkanes) is 2. The molecule has 0 N–H and O–H groups in total. The monoisotopic (exact) mass is 899 g/mol. The molecule has 284 valence electrons. The second-order valence-electron chi connectivity index (χ2n) is 16.6. The average Bonchev–Trinajstić information content (AvgIpc) is 3.62. The Morgan fingerprint density at radius 1 is 0.870 bits per heavy atom. The topological polar surface area (TPSA) is 44.9 Å². The van der Waals surface area contributed by atoms with E-state index in [4.69, 9.17) is 14.8 Å². The van der Waals surface area contributed by atoms with Crippen molar-refractivity contribution in [1.82, 2.24) is 19.3 Å². The average molecular weight is 900 g/mol. The number of allylic oxidation sites excluding steroid dienone is 2. The minimum absolute atomic E-state index is 0. The van der Waals surface area contributed by atoms with Gasteiger partial charge in [-0.2, -0.15) is 11.2 Å². The summed E-state index contributed by atoms with van der Waals surface area (Å²) in [7, 11) is 0. The van der Waals surface area contributed by atoms with Gasteiger partial charge in [-0.25, -0.2) is 4.98 Å². The van der Waals surface area contributed by atoms with E-state index in [0.29, 0.717) is 29.3 Å². The molecular formula is C48H56N4OPt. The summed E-state index contributed by atoms with van der Waals surface area (Å²) in [4.78, 5) is 4.86. The van der Waals surface area contributed by atoms with Crippen molar-refractivity contribution in [2.75, 3.05) is 0 Å². The van der Waals surface area contributed by atoms with Crippen LogP contribution in [0.5, 0.6) is 11.5 Å². The van der Waals surface area contributed by atoms with Crippen LogP contribution in [0.15, 0.2) is 78.5 Å². The van der Waals surface area contributed by atoms with Gasteiger partial charge in [0.05, 0.1) is 5.69 Å². The molecule has 0 aliphatic heterocycles. The Hall–Kier alpha value is -3.95. The zero-order valence-electron chi connectivity index (χ0n) is 33.6. The van der Waals surface area contributed by atoms with Crippen LogP contribution in [0, 0.1) is 30.9 Å². The number of nitrogens with zero attached hydrogens (tertiary/aromatic N) is 4. The smallest absolute Gasteiger partial charge is 0.509 e. The van der Waals surface area contributed by atoms with Gasteiger partial charge in [0.15, 0.2) is 0 Å². The second kappa shape index (κ2) is 16.4. The summed E-state index contributed by atoms with van der Waals surface area (Å²) in [6, 6.07) is 28.8. The first-order chi connectivity index (χ1) is 25.5. The third kappa shape index (κ3) is 7.90. The van der Waals surface area contributed by atoms with Gasteiger partial charge in [-0.3, -0.25) is 4.68 Å². The summed E-state index contributed by atoms with van der Waals surface area (Å²) in [6.45, 7) is 20.6. The zero-order valence-corrected chi connectivity index (χ0v) is 35.9. The predicted octanol–water partition coefficient (Wildman–Crippen LogP) is 12.8. The third-order valence-electron chi connectivity index (χ3n) is 11.2.